The Morgan fingerprint density at radius 1 is 1.00 bits per heavy atom. The summed E-state index contributed by atoms with van der Waals surface area (Å²) in [6.45, 7) is 2.75. The van der Waals surface area contributed by atoms with E-state index < -0.39 is 0 Å². The van der Waals surface area contributed by atoms with Crippen LogP contribution >= 0.6 is 11.3 Å². The number of rotatable bonds is 6. The highest BCUT2D eigenvalue weighted by Gasteiger charge is 2.14. The molecule has 0 bridgehead atoms. The van der Waals surface area contributed by atoms with E-state index in [-0.39, 0.29) is 5.91 Å². The number of amides is 1. The number of carbonyl (C=O) groups is 1. The number of para-hydroxylation sites is 1. The third kappa shape index (κ3) is 4.36. The van der Waals surface area contributed by atoms with Crippen molar-refractivity contribution in [2.75, 3.05) is 18.0 Å². The molecule has 1 aliphatic heterocycles. The van der Waals surface area contributed by atoms with E-state index in [4.69, 9.17) is 0 Å². The highest BCUT2D eigenvalue weighted by molar-refractivity contribution is 7.13. The molecule has 2 aromatic carbocycles. The van der Waals surface area contributed by atoms with Crippen LogP contribution in [-0.2, 0) is 6.54 Å². The lowest BCUT2D eigenvalue weighted by Gasteiger charge is -2.17. The lowest BCUT2D eigenvalue weighted by molar-refractivity contribution is 0.0946. The van der Waals surface area contributed by atoms with E-state index in [1.807, 2.05) is 41.2 Å². The summed E-state index contributed by atoms with van der Waals surface area (Å²) >= 11 is 1.45. The van der Waals surface area contributed by atoms with E-state index in [9.17, 15) is 4.79 Å². The topological polar surface area (TPSA) is 63.1 Å². The van der Waals surface area contributed by atoms with Crippen molar-refractivity contribution in [3.05, 3.63) is 83.6 Å². The van der Waals surface area contributed by atoms with Gasteiger partial charge in [0.1, 0.15) is 10.7 Å². The molecule has 3 heterocycles. The average molecular weight is 430 g/mol. The maximum atomic E-state index is 12.6. The first-order valence-electron chi connectivity index (χ1n) is 10.4. The van der Waals surface area contributed by atoms with Gasteiger partial charge in [0.05, 0.1) is 11.9 Å². The van der Waals surface area contributed by atoms with Gasteiger partial charge in [-0.15, -0.1) is 11.3 Å². The molecule has 1 aliphatic rings. The van der Waals surface area contributed by atoms with E-state index >= 15 is 0 Å². The maximum Gasteiger partial charge on any atom is 0.271 e. The van der Waals surface area contributed by atoms with Crippen molar-refractivity contribution >= 4 is 22.9 Å². The van der Waals surface area contributed by atoms with Crippen LogP contribution in [0, 0.1) is 0 Å². The number of hydrogen-bond acceptors (Lipinski definition) is 5. The minimum absolute atomic E-state index is 0.165. The van der Waals surface area contributed by atoms with Crippen LogP contribution in [-0.4, -0.2) is 33.8 Å². The highest BCUT2D eigenvalue weighted by Crippen LogP contribution is 2.24. The van der Waals surface area contributed by atoms with Gasteiger partial charge >= 0.3 is 0 Å². The highest BCUT2D eigenvalue weighted by atomic mass is 32.1. The van der Waals surface area contributed by atoms with Crippen molar-refractivity contribution in [1.29, 1.82) is 0 Å². The fraction of sp³-hybridized carbons (Fsp3) is 0.208. The van der Waals surface area contributed by atoms with Crippen molar-refractivity contribution < 1.29 is 4.79 Å². The number of carbonyl (C=O) groups excluding carboxylic acids is 1. The monoisotopic (exact) mass is 429 g/mol. The smallest absolute Gasteiger partial charge is 0.271 e. The largest absolute Gasteiger partial charge is 0.372 e. The van der Waals surface area contributed by atoms with Crippen LogP contribution < -0.4 is 10.2 Å². The van der Waals surface area contributed by atoms with Gasteiger partial charge in [-0.25, -0.2) is 9.67 Å². The van der Waals surface area contributed by atoms with Crippen molar-refractivity contribution in [2.45, 2.75) is 19.4 Å². The van der Waals surface area contributed by atoms with Gasteiger partial charge in [0, 0.05) is 42.5 Å². The van der Waals surface area contributed by atoms with Gasteiger partial charge < -0.3 is 10.2 Å². The standard InChI is InChI=1S/C24H23N5OS/c30-23(25-14-18-8-10-20(11-9-18)28-12-4-5-13-28)22-17-31-24(27-22)19-15-26-29(16-19)21-6-2-1-3-7-21/h1-3,6-11,15-17H,4-5,12-14H2,(H,25,30). The molecule has 156 valence electrons. The van der Waals surface area contributed by atoms with Crippen LogP contribution in [0.5, 0.6) is 0 Å². The Labute approximate surface area is 185 Å². The van der Waals surface area contributed by atoms with Gasteiger partial charge in [0.2, 0.25) is 0 Å². The number of anilines is 1. The van der Waals surface area contributed by atoms with Crippen LogP contribution in [0.15, 0.2) is 72.4 Å². The second kappa shape index (κ2) is 8.73. The van der Waals surface area contributed by atoms with Gasteiger partial charge in [0.15, 0.2) is 0 Å². The molecule has 0 unspecified atom stereocenters. The number of benzene rings is 2. The predicted molar refractivity (Wildman–Crippen MR) is 124 cm³/mol. The minimum Gasteiger partial charge on any atom is -0.372 e. The fourth-order valence-electron chi connectivity index (χ4n) is 3.74. The van der Waals surface area contributed by atoms with E-state index in [1.54, 1.807) is 11.6 Å². The molecule has 1 amide bonds. The molecule has 1 saturated heterocycles. The van der Waals surface area contributed by atoms with Crippen LogP contribution in [0.2, 0.25) is 0 Å². The molecule has 0 aliphatic carbocycles. The first-order valence-corrected chi connectivity index (χ1v) is 11.3. The molecule has 0 radical (unpaired) electrons. The number of aromatic nitrogens is 3. The Balaban J connectivity index is 1.21. The van der Waals surface area contributed by atoms with E-state index in [0.717, 1.165) is 34.9 Å². The summed E-state index contributed by atoms with van der Waals surface area (Å²) in [5, 5.41) is 9.95. The van der Waals surface area contributed by atoms with E-state index in [2.05, 4.69) is 44.6 Å². The summed E-state index contributed by atoms with van der Waals surface area (Å²) in [6, 6.07) is 18.4. The summed E-state index contributed by atoms with van der Waals surface area (Å²) in [5.74, 6) is -0.165. The second-order valence-corrected chi connectivity index (χ2v) is 8.45. The van der Waals surface area contributed by atoms with Gasteiger partial charge in [0.25, 0.3) is 5.91 Å². The molecule has 7 heteroatoms. The Morgan fingerprint density at radius 2 is 1.77 bits per heavy atom. The predicted octanol–water partition coefficient (Wildman–Crippen LogP) is 4.53. The SMILES string of the molecule is O=C(NCc1ccc(N2CCCC2)cc1)c1csc(-c2cnn(-c3ccccc3)c2)n1. The van der Waals surface area contributed by atoms with Crippen molar-refractivity contribution in [3.8, 4) is 16.3 Å². The average Bonchev–Trinajstić information content (AvgIpc) is 3.59. The molecule has 1 N–H and O–H groups in total. The number of thiazole rings is 1. The molecule has 31 heavy (non-hydrogen) atoms. The van der Waals surface area contributed by atoms with Crippen molar-refractivity contribution in [2.24, 2.45) is 0 Å². The molecule has 4 aromatic rings. The zero-order valence-electron chi connectivity index (χ0n) is 17.1. The van der Waals surface area contributed by atoms with Crippen molar-refractivity contribution in [1.82, 2.24) is 20.1 Å². The zero-order valence-corrected chi connectivity index (χ0v) is 17.9. The molecule has 5 rings (SSSR count). The Morgan fingerprint density at radius 3 is 2.55 bits per heavy atom. The lowest BCUT2D eigenvalue weighted by atomic mass is 10.2. The number of nitrogens with zero attached hydrogens (tertiary/aromatic N) is 4. The molecular formula is C24H23N5OS. The molecule has 6 nitrogen and oxygen atoms in total. The first kappa shape index (κ1) is 19.5. The normalized spacial score (nSPS) is 13.5. The molecule has 0 saturated carbocycles. The summed E-state index contributed by atoms with van der Waals surface area (Å²) in [6.07, 6.45) is 6.23. The minimum atomic E-state index is -0.165. The number of hydrogen-bond donors (Lipinski definition) is 1. The second-order valence-electron chi connectivity index (χ2n) is 7.59. The Kier molecular flexibility index (Phi) is 5.50. The Bertz CT molecular complexity index is 1160. The number of nitrogens with one attached hydrogen (secondary N) is 1. The molecule has 0 spiro atoms. The quantitative estimate of drug-likeness (QED) is 0.489. The van der Waals surface area contributed by atoms with Gasteiger partial charge in [-0.1, -0.05) is 30.3 Å². The maximum absolute atomic E-state index is 12.6. The summed E-state index contributed by atoms with van der Waals surface area (Å²) in [7, 11) is 0. The van der Waals surface area contributed by atoms with Crippen LogP contribution in [0.25, 0.3) is 16.3 Å². The third-order valence-electron chi connectivity index (χ3n) is 5.45. The zero-order chi connectivity index (χ0) is 21.0. The summed E-state index contributed by atoms with van der Waals surface area (Å²) < 4.78 is 1.81. The first-order chi connectivity index (χ1) is 15.3. The molecule has 2 aromatic heterocycles. The summed E-state index contributed by atoms with van der Waals surface area (Å²) in [5.41, 5.74) is 4.65. The lowest BCUT2D eigenvalue weighted by Crippen LogP contribution is -2.23. The van der Waals surface area contributed by atoms with Gasteiger partial charge in [-0.3, -0.25) is 4.79 Å². The van der Waals surface area contributed by atoms with E-state index in [0.29, 0.717) is 12.2 Å². The summed E-state index contributed by atoms with van der Waals surface area (Å²) in [4.78, 5) is 19.5. The van der Waals surface area contributed by atoms with Crippen LogP contribution in [0.3, 0.4) is 0 Å². The van der Waals surface area contributed by atoms with Crippen molar-refractivity contribution in [3.63, 3.8) is 0 Å². The van der Waals surface area contributed by atoms with Gasteiger partial charge in [-0.2, -0.15) is 5.10 Å². The van der Waals surface area contributed by atoms with Gasteiger partial charge in [-0.05, 0) is 42.7 Å². The third-order valence-corrected chi connectivity index (χ3v) is 6.34. The van der Waals surface area contributed by atoms with Crippen LogP contribution in [0.4, 0.5) is 5.69 Å². The van der Waals surface area contributed by atoms with Crippen LogP contribution in [0.1, 0.15) is 28.9 Å². The van der Waals surface area contributed by atoms with E-state index in [1.165, 1.54) is 29.9 Å². The Hall–Kier alpha value is -3.45. The molecule has 1 fully saturated rings. The molecular weight excluding hydrogens is 406 g/mol. The fourth-order valence-corrected chi connectivity index (χ4v) is 4.51. The molecule has 0 atom stereocenters.